The molecule has 0 spiro atoms. The van der Waals surface area contributed by atoms with Crippen molar-refractivity contribution in [1.82, 2.24) is 10.3 Å². The Bertz CT molecular complexity index is 1190. The molecule has 0 bridgehead atoms. The molecule has 0 saturated heterocycles. The Kier molecular flexibility index (Phi) is 4.00. The monoisotopic (exact) mass is 392 g/mol. The topological polar surface area (TPSA) is 78.3 Å². The second-order valence-corrected chi connectivity index (χ2v) is 7.41. The predicted molar refractivity (Wildman–Crippen MR) is 108 cm³/mol. The minimum absolute atomic E-state index is 0.370. The molecule has 5 nitrogen and oxygen atoms in total. The molecule has 2 aromatic heterocycles. The molecule has 2 atom stereocenters. The molecule has 4 aromatic rings. The molecule has 0 saturated carbocycles. The molecule has 0 aliphatic carbocycles. The van der Waals surface area contributed by atoms with Crippen molar-refractivity contribution in [3.63, 3.8) is 0 Å². The van der Waals surface area contributed by atoms with E-state index in [1.807, 2.05) is 60.7 Å². The number of aliphatic carboxylic acids is 1. The summed E-state index contributed by atoms with van der Waals surface area (Å²) in [5.74, 6) is 0.477. The van der Waals surface area contributed by atoms with Crippen LogP contribution in [0.1, 0.15) is 23.1 Å². The van der Waals surface area contributed by atoms with Gasteiger partial charge in [0.15, 0.2) is 0 Å². The van der Waals surface area contributed by atoms with E-state index >= 15 is 0 Å². The quantitative estimate of drug-likeness (QED) is 0.469. The van der Waals surface area contributed by atoms with Crippen LogP contribution in [0.25, 0.3) is 22.2 Å². The molecular weight excluding hydrogens is 376 g/mol. The summed E-state index contributed by atoms with van der Waals surface area (Å²) in [6.07, 6.45) is 0.424. The van der Waals surface area contributed by atoms with E-state index < -0.39 is 12.0 Å². The van der Waals surface area contributed by atoms with E-state index in [4.69, 9.17) is 16.0 Å². The lowest BCUT2D eigenvalue weighted by atomic mass is 9.93. The number of nitrogens with one attached hydrogen (secondary N) is 2. The summed E-state index contributed by atoms with van der Waals surface area (Å²) in [7, 11) is 0. The van der Waals surface area contributed by atoms with Crippen molar-refractivity contribution in [2.75, 3.05) is 0 Å². The minimum Gasteiger partial charge on any atom is -0.480 e. The number of rotatable bonds is 3. The van der Waals surface area contributed by atoms with Gasteiger partial charge in [-0.15, -0.1) is 0 Å². The van der Waals surface area contributed by atoms with Gasteiger partial charge in [-0.1, -0.05) is 41.9 Å². The normalized spacial score (nSPS) is 18.9. The smallest absolute Gasteiger partial charge is 0.321 e. The van der Waals surface area contributed by atoms with E-state index in [1.165, 1.54) is 0 Å². The molecule has 1 aliphatic heterocycles. The summed E-state index contributed by atoms with van der Waals surface area (Å²) >= 11 is 6.09. The van der Waals surface area contributed by atoms with Crippen molar-refractivity contribution >= 4 is 28.5 Å². The highest BCUT2D eigenvalue weighted by molar-refractivity contribution is 6.30. The van der Waals surface area contributed by atoms with Crippen LogP contribution in [0.15, 0.2) is 65.1 Å². The maximum Gasteiger partial charge on any atom is 0.321 e. The largest absolute Gasteiger partial charge is 0.480 e. The highest BCUT2D eigenvalue weighted by Crippen LogP contribution is 2.37. The van der Waals surface area contributed by atoms with Crippen LogP contribution in [-0.4, -0.2) is 22.1 Å². The molecule has 3 heterocycles. The summed E-state index contributed by atoms with van der Waals surface area (Å²) in [5.41, 5.74) is 3.84. The van der Waals surface area contributed by atoms with Crippen LogP contribution in [0.5, 0.6) is 0 Å². The minimum atomic E-state index is -0.873. The van der Waals surface area contributed by atoms with Gasteiger partial charge in [-0.25, -0.2) is 0 Å². The van der Waals surface area contributed by atoms with Gasteiger partial charge >= 0.3 is 5.97 Å². The first kappa shape index (κ1) is 17.1. The fraction of sp³-hybridized carbons (Fsp3) is 0.136. The van der Waals surface area contributed by atoms with Gasteiger partial charge in [-0.3, -0.25) is 10.1 Å². The number of carboxylic acids is 1. The van der Waals surface area contributed by atoms with E-state index in [0.29, 0.717) is 23.0 Å². The molecule has 6 heteroatoms. The molecule has 0 radical (unpaired) electrons. The summed E-state index contributed by atoms with van der Waals surface area (Å²) < 4.78 is 6.11. The number of carbonyl (C=O) groups is 1. The van der Waals surface area contributed by atoms with Gasteiger partial charge in [-0.05, 0) is 35.9 Å². The fourth-order valence-electron chi connectivity index (χ4n) is 3.92. The van der Waals surface area contributed by atoms with Crippen molar-refractivity contribution in [1.29, 1.82) is 0 Å². The zero-order chi connectivity index (χ0) is 19.3. The summed E-state index contributed by atoms with van der Waals surface area (Å²) in [5, 5.41) is 14.5. The number of aromatic nitrogens is 1. The zero-order valence-corrected chi connectivity index (χ0v) is 15.5. The number of hydrogen-bond acceptors (Lipinski definition) is 3. The number of hydrogen-bond donors (Lipinski definition) is 3. The molecule has 0 fully saturated rings. The first-order chi connectivity index (χ1) is 13.6. The molecular formula is C22H17ClN2O3. The van der Waals surface area contributed by atoms with Crippen LogP contribution >= 0.6 is 11.6 Å². The van der Waals surface area contributed by atoms with E-state index in [1.54, 1.807) is 0 Å². The van der Waals surface area contributed by atoms with Crippen molar-refractivity contribution in [2.45, 2.75) is 18.5 Å². The molecule has 140 valence electrons. The van der Waals surface area contributed by atoms with E-state index in [2.05, 4.69) is 10.3 Å². The number of halogens is 1. The van der Waals surface area contributed by atoms with Gasteiger partial charge in [0.2, 0.25) is 0 Å². The number of carboxylic acid groups (broad SMARTS) is 1. The van der Waals surface area contributed by atoms with E-state index in [0.717, 1.165) is 27.7 Å². The predicted octanol–water partition coefficient (Wildman–Crippen LogP) is 4.77. The molecule has 0 amide bonds. The average molecular weight is 393 g/mol. The number of aromatic amines is 1. The molecule has 0 unspecified atom stereocenters. The van der Waals surface area contributed by atoms with Crippen LogP contribution < -0.4 is 5.32 Å². The molecule has 3 N–H and O–H groups in total. The molecule has 28 heavy (non-hydrogen) atoms. The lowest BCUT2D eigenvalue weighted by molar-refractivity contribution is -0.139. The van der Waals surface area contributed by atoms with Gasteiger partial charge in [-0.2, -0.15) is 0 Å². The number of fused-ring (bicyclic) bond motifs is 3. The van der Waals surface area contributed by atoms with Crippen molar-refractivity contribution < 1.29 is 14.3 Å². The average Bonchev–Trinajstić information content (AvgIpc) is 3.32. The lowest BCUT2D eigenvalue weighted by Gasteiger charge is -2.27. The van der Waals surface area contributed by atoms with E-state index in [-0.39, 0.29) is 6.04 Å². The second kappa shape index (κ2) is 6.55. The Labute approximate surface area is 165 Å². The van der Waals surface area contributed by atoms with Crippen LogP contribution in [-0.2, 0) is 11.2 Å². The maximum absolute atomic E-state index is 11.7. The highest BCUT2D eigenvalue weighted by atomic mass is 35.5. The highest BCUT2D eigenvalue weighted by Gasteiger charge is 2.35. The van der Waals surface area contributed by atoms with Crippen LogP contribution in [0.2, 0.25) is 5.02 Å². The van der Waals surface area contributed by atoms with Crippen LogP contribution in [0.3, 0.4) is 0 Å². The van der Waals surface area contributed by atoms with Gasteiger partial charge in [0, 0.05) is 33.6 Å². The van der Waals surface area contributed by atoms with Crippen LogP contribution in [0.4, 0.5) is 0 Å². The van der Waals surface area contributed by atoms with E-state index in [9.17, 15) is 9.90 Å². The summed E-state index contributed by atoms with van der Waals surface area (Å²) in [6, 6.07) is 18.1. The summed E-state index contributed by atoms with van der Waals surface area (Å²) in [4.78, 5) is 15.2. The van der Waals surface area contributed by atoms with Crippen molar-refractivity contribution in [3.8, 4) is 11.3 Å². The zero-order valence-electron chi connectivity index (χ0n) is 14.8. The third-order valence-corrected chi connectivity index (χ3v) is 5.47. The maximum atomic E-state index is 11.7. The van der Waals surface area contributed by atoms with Gasteiger partial charge in [0.25, 0.3) is 0 Å². The number of H-pyrrole nitrogens is 1. The number of benzene rings is 2. The fourth-order valence-corrected chi connectivity index (χ4v) is 4.11. The summed E-state index contributed by atoms with van der Waals surface area (Å²) in [6.45, 7) is 0. The van der Waals surface area contributed by atoms with Crippen LogP contribution in [0, 0.1) is 0 Å². The van der Waals surface area contributed by atoms with Crippen molar-refractivity contribution in [2.24, 2.45) is 0 Å². The van der Waals surface area contributed by atoms with Crippen molar-refractivity contribution in [3.05, 3.63) is 82.7 Å². The SMILES string of the molecule is O=C(O)[C@@H]1Cc2c([nH]c3ccccc23)[C@@H](c2ccc(-c3cccc(Cl)c3)o2)N1. The second-order valence-electron chi connectivity index (χ2n) is 6.97. The Hall–Kier alpha value is -3.02. The molecule has 5 rings (SSSR count). The Morgan fingerprint density at radius 3 is 2.79 bits per heavy atom. The Balaban J connectivity index is 1.61. The lowest BCUT2D eigenvalue weighted by Crippen LogP contribution is -2.44. The number of para-hydroxylation sites is 1. The standard InChI is InChI=1S/C22H17ClN2O3/c23-13-5-3-4-12(10-13)18-8-9-19(28-18)21-20-15(11-17(25-21)22(26)27)14-6-1-2-7-16(14)24-20/h1-10,17,21,24-25H,11H2,(H,26,27)/t17-,21+/m0/s1. The number of furan rings is 1. The van der Waals surface area contributed by atoms with Gasteiger partial charge < -0.3 is 14.5 Å². The first-order valence-electron chi connectivity index (χ1n) is 9.04. The first-order valence-corrected chi connectivity index (χ1v) is 9.42. The third-order valence-electron chi connectivity index (χ3n) is 5.23. The Morgan fingerprint density at radius 1 is 1.11 bits per heavy atom. The van der Waals surface area contributed by atoms with Gasteiger partial charge in [0.1, 0.15) is 23.6 Å². The van der Waals surface area contributed by atoms with Gasteiger partial charge in [0.05, 0.1) is 0 Å². The molecule has 2 aromatic carbocycles. The molecule has 1 aliphatic rings. The third kappa shape index (κ3) is 2.80. The Morgan fingerprint density at radius 2 is 1.96 bits per heavy atom.